The first-order valence-electron chi connectivity index (χ1n) is 11.2. The van der Waals surface area contributed by atoms with Crippen LogP contribution in [-0.2, 0) is 9.59 Å². The number of carbonyl (C=O) groups is 2. The van der Waals surface area contributed by atoms with Crippen molar-refractivity contribution in [3.05, 3.63) is 108 Å². The number of thiocarbonyl (C=S) groups is 1. The number of hydrogen-bond acceptors (Lipinski definition) is 4. The highest BCUT2D eigenvalue weighted by Crippen LogP contribution is 2.34. The summed E-state index contributed by atoms with van der Waals surface area (Å²) in [6.45, 7) is 0.0484. The lowest BCUT2D eigenvalue weighted by Gasteiger charge is -2.36. The fourth-order valence-electron chi connectivity index (χ4n) is 4.15. The van der Waals surface area contributed by atoms with Crippen LogP contribution >= 0.6 is 12.2 Å². The van der Waals surface area contributed by atoms with E-state index in [9.17, 15) is 9.59 Å². The van der Waals surface area contributed by atoms with Crippen molar-refractivity contribution in [2.45, 2.75) is 0 Å². The molecule has 174 valence electrons. The zero-order valence-corrected chi connectivity index (χ0v) is 19.9. The van der Waals surface area contributed by atoms with Gasteiger partial charge in [-0.05, 0) is 59.4 Å². The molecule has 5 rings (SSSR count). The normalized spacial score (nSPS) is 13.6. The first kappa shape index (κ1) is 23.0. The van der Waals surface area contributed by atoms with E-state index in [0.29, 0.717) is 22.7 Å². The maximum atomic E-state index is 13.8. The summed E-state index contributed by atoms with van der Waals surface area (Å²) in [6.07, 6.45) is 7.00. The summed E-state index contributed by atoms with van der Waals surface area (Å²) in [5.74, 6) is 1.91. The highest BCUT2D eigenvalue weighted by atomic mass is 32.1. The Morgan fingerprint density at radius 3 is 1.92 bits per heavy atom. The van der Waals surface area contributed by atoms with Crippen molar-refractivity contribution in [3.63, 3.8) is 0 Å². The molecule has 1 heterocycles. The average molecular weight is 489 g/mol. The molecule has 0 aromatic heterocycles. The number of terminal acetylenes is 1. The van der Waals surface area contributed by atoms with E-state index in [0.717, 1.165) is 10.8 Å². The third-order valence-corrected chi connectivity index (χ3v) is 6.17. The fraction of sp³-hybridized carbons (Fsp3) is 0.0333. The molecule has 0 bridgehead atoms. The first-order valence-corrected chi connectivity index (χ1v) is 11.6. The molecule has 0 N–H and O–H groups in total. The van der Waals surface area contributed by atoms with Crippen LogP contribution in [0.4, 0.5) is 11.4 Å². The summed E-state index contributed by atoms with van der Waals surface area (Å²) < 4.78 is 5.79. The molecule has 1 fully saturated rings. The van der Waals surface area contributed by atoms with Crippen LogP contribution in [0.25, 0.3) is 16.8 Å². The highest BCUT2D eigenvalue weighted by molar-refractivity contribution is 7.81. The van der Waals surface area contributed by atoms with Crippen LogP contribution in [0, 0.1) is 12.3 Å². The van der Waals surface area contributed by atoms with E-state index < -0.39 is 11.8 Å². The second-order valence-corrected chi connectivity index (χ2v) is 8.35. The van der Waals surface area contributed by atoms with Gasteiger partial charge in [-0.3, -0.25) is 19.4 Å². The van der Waals surface area contributed by atoms with E-state index in [4.69, 9.17) is 23.4 Å². The summed E-state index contributed by atoms with van der Waals surface area (Å²) >= 11 is 5.68. The van der Waals surface area contributed by atoms with Gasteiger partial charge >= 0.3 is 0 Å². The number of hydrogen-bond donors (Lipinski definition) is 0. The number of amides is 2. The standard InChI is InChI=1S/C30H20N2O3S/c1-2-19-35-27-18-17-21-11-9-10-16-24(21)25(27)20-26-28(33)31(22-12-5-3-6-13-22)30(36)32(29(26)34)23-14-7-4-8-15-23/h1,3-18,20H,19H2. The summed E-state index contributed by atoms with van der Waals surface area (Å²) in [5, 5.41) is 1.84. The molecule has 0 aliphatic carbocycles. The number of rotatable bonds is 5. The van der Waals surface area contributed by atoms with E-state index in [1.54, 1.807) is 36.4 Å². The van der Waals surface area contributed by atoms with Crippen molar-refractivity contribution in [2.24, 2.45) is 0 Å². The quantitative estimate of drug-likeness (QED) is 0.159. The predicted molar refractivity (Wildman–Crippen MR) is 147 cm³/mol. The lowest BCUT2D eigenvalue weighted by atomic mass is 9.99. The van der Waals surface area contributed by atoms with Gasteiger partial charge in [0.2, 0.25) is 0 Å². The van der Waals surface area contributed by atoms with Gasteiger partial charge in [0.25, 0.3) is 11.8 Å². The molecule has 0 unspecified atom stereocenters. The topological polar surface area (TPSA) is 49.9 Å². The van der Waals surface area contributed by atoms with E-state index >= 15 is 0 Å². The van der Waals surface area contributed by atoms with Crippen molar-refractivity contribution in [2.75, 3.05) is 16.4 Å². The molecule has 4 aromatic rings. The van der Waals surface area contributed by atoms with Gasteiger partial charge in [0, 0.05) is 5.56 Å². The Hall–Kier alpha value is -4.73. The van der Waals surface area contributed by atoms with Crippen LogP contribution in [0.2, 0.25) is 0 Å². The van der Waals surface area contributed by atoms with Crippen LogP contribution in [-0.4, -0.2) is 23.5 Å². The molecule has 0 atom stereocenters. The number of para-hydroxylation sites is 2. The molecule has 4 aromatic carbocycles. The molecule has 0 radical (unpaired) electrons. The molecule has 1 aliphatic rings. The zero-order chi connectivity index (χ0) is 25.1. The average Bonchev–Trinajstić information content (AvgIpc) is 2.91. The highest BCUT2D eigenvalue weighted by Gasteiger charge is 2.41. The van der Waals surface area contributed by atoms with Gasteiger partial charge in [-0.25, -0.2) is 0 Å². The Bertz CT molecular complexity index is 1490. The third kappa shape index (κ3) is 4.13. The van der Waals surface area contributed by atoms with Crippen molar-refractivity contribution >= 4 is 57.4 Å². The molecule has 6 heteroatoms. The number of anilines is 2. The van der Waals surface area contributed by atoms with Crippen LogP contribution in [0.3, 0.4) is 0 Å². The number of ether oxygens (including phenoxy) is 1. The van der Waals surface area contributed by atoms with E-state index in [2.05, 4.69) is 5.92 Å². The number of carbonyl (C=O) groups excluding carboxylic acids is 2. The van der Waals surface area contributed by atoms with Gasteiger partial charge in [-0.1, -0.05) is 72.7 Å². The Kier molecular flexibility index (Phi) is 6.31. The molecule has 2 amide bonds. The van der Waals surface area contributed by atoms with Crippen LogP contribution in [0.1, 0.15) is 5.56 Å². The maximum absolute atomic E-state index is 13.8. The Morgan fingerprint density at radius 1 is 0.778 bits per heavy atom. The lowest BCUT2D eigenvalue weighted by Crippen LogP contribution is -2.56. The Labute approximate surface area is 214 Å². The minimum absolute atomic E-state index is 0.0433. The lowest BCUT2D eigenvalue weighted by molar-refractivity contribution is -0.120. The molecular formula is C30H20N2O3S. The Morgan fingerprint density at radius 2 is 1.33 bits per heavy atom. The molecule has 1 aliphatic heterocycles. The van der Waals surface area contributed by atoms with Gasteiger partial charge in [-0.2, -0.15) is 0 Å². The predicted octanol–water partition coefficient (Wildman–Crippen LogP) is 5.60. The zero-order valence-electron chi connectivity index (χ0n) is 19.1. The second-order valence-electron chi connectivity index (χ2n) is 7.98. The molecule has 36 heavy (non-hydrogen) atoms. The molecule has 5 nitrogen and oxygen atoms in total. The number of fused-ring (bicyclic) bond motifs is 1. The van der Waals surface area contributed by atoms with Gasteiger partial charge < -0.3 is 4.74 Å². The van der Waals surface area contributed by atoms with Crippen molar-refractivity contribution < 1.29 is 14.3 Å². The van der Waals surface area contributed by atoms with Crippen molar-refractivity contribution in [1.82, 2.24) is 0 Å². The van der Waals surface area contributed by atoms with Gasteiger partial charge in [0.15, 0.2) is 5.11 Å². The Balaban J connectivity index is 1.73. The SMILES string of the molecule is C#CCOc1ccc2ccccc2c1C=C1C(=O)N(c2ccccc2)C(=S)N(c2ccccc2)C1=O. The van der Waals surface area contributed by atoms with E-state index in [-0.39, 0.29) is 17.3 Å². The maximum Gasteiger partial charge on any atom is 0.270 e. The molecule has 0 saturated carbocycles. The molecule has 1 saturated heterocycles. The van der Waals surface area contributed by atoms with Crippen LogP contribution < -0.4 is 14.5 Å². The van der Waals surface area contributed by atoms with E-state index in [1.165, 1.54) is 9.80 Å². The smallest absolute Gasteiger partial charge is 0.270 e. The van der Waals surface area contributed by atoms with Crippen molar-refractivity contribution in [3.8, 4) is 18.1 Å². The van der Waals surface area contributed by atoms with Gasteiger partial charge in [0.05, 0.1) is 11.4 Å². The number of benzene rings is 4. The second kappa shape index (κ2) is 9.87. The van der Waals surface area contributed by atoms with Gasteiger partial charge in [0.1, 0.15) is 17.9 Å². The van der Waals surface area contributed by atoms with Crippen LogP contribution in [0.5, 0.6) is 5.75 Å². The summed E-state index contributed by atoms with van der Waals surface area (Å²) in [6, 6.07) is 29.4. The minimum atomic E-state index is -0.515. The number of nitrogens with zero attached hydrogens (tertiary/aromatic N) is 2. The fourth-order valence-corrected chi connectivity index (χ4v) is 4.53. The minimum Gasteiger partial charge on any atom is -0.480 e. The summed E-state index contributed by atoms with van der Waals surface area (Å²) in [4.78, 5) is 30.4. The largest absolute Gasteiger partial charge is 0.480 e. The third-order valence-electron chi connectivity index (χ3n) is 5.81. The van der Waals surface area contributed by atoms with Crippen LogP contribution in [0.15, 0.2) is 103 Å². The van der Waals surface area contributed by atoms with Gasteiger partial charge in [-0.15, -0.1) is 6.42 Å². The summed E-state index contributed by atoms with van der Waals surface area (Å²) in [5.41, 5.74) is 1.68. The molecular weight excluding hydrogens is 468 g/mol. The monoisotopic (exact) mass is 488 g/mol. The molecule has 0 spiro atoms. The van der Waals surface area contributed by atoms with E-state index in [1.807, 2.05) is 66.7 Å². The first-order chi connectivity index (χ1) is 17.6. The van der Waals surface area contributed by atoms with Crippen molar-refractivity contribution in [1.29, 1.82) is 0 Å². The summed E-state index contributed by atoms with van der Waals surface area (Å²) in [7, 11) is 0.